The summed E-state index contributed by atoms with van der Waals surface area (Å²) in [5.41, 5.74) is 7.95. The fourth-order valence-electron chi connectivity index (χ4n) is 6.04. The van der Waals surface area contributed by atoms with E-state index in [1.54, 1.807) is 29.0 Å². The van der Waals surface area contributed by atoms with E-state index in [0.29, 0.717) is 58.9 Å². The van der Waals surface area contributed by atoms with E-state index in [-0.39, 0.29) is 22.6 Å². The van der Waals surface area contributed by atoms with Crippen molar-refractivity contribution in [3.8, 4) is 17.3 Å². The first-order chi connectivity index (χ1) is 20.5. The Labute approximate surface area is 245 Å². The number of thiazole rings is 1. The maximum absolute atomic E-state index is 15.1. The molecule has 0 saturated carbocycles. The maximum atomic E-state index is 15.1. The van der Waals surface area contributed by atoms with Crippen molar-refractivity contribution in [1.82, 2.24) is 34.4 Å². The summed E-state index contributed by atoms with van der Waals surface area (Å²) in [6.45, 7) is 5.49. The summed E-state index contributed by atoms with van der Waals surface area (Å²) in [5, 5.41) is 7.77. The standard InChI is InChI=1S/C29H33FN8O3S/c30-22-16-20(41-17-18-5-9-32-10-6-18)3-4-21(22)19-7-11-36(12-8-19)13-14-37-26-24(42-29(37)39)27-33-25(23-2-1-15-40-23)35-38(27)28(31)34-26/h1-4,15-16,18-19,32H,5-14,17H2,(H2,31,34). The molecule has 2 aliphatic rings. The van der Waals surface area contributed by atoms with Crippen LogP contribution in [0.2, 0.25) is 0 Å². The summed E-state index contributed by atoms with van der Waals surface area (Å²) in [6, 6.07) is 8.86. The number of benzene rings is 1. The van der Waals surface area contributed by atoms with Crippen LogP contribution in [0.1, 0.15) is 37.2 Å². The van der Waals surface area contributed by atoms with Crippen molar-refractivity contribution in [3.05, 3.63) is 57.6 Å². The zero-order valence-corrected chi connectivity index (χ0v) is 24.0. The number of rotatable bonds is 8. The number of nitrogens with two attached hydrogens (primary N) is 1. The SMILES string of the molecule is Nc1nc2c(sc(=O)n2CCN2CCC(c3ccc(OCC4CCNCC4)cc3F)CC2)c2nc(-c3ccco3)nn12. The van der Waals surface area contributed by atoms with Gasteiger partial charge in [-0.1, -0.05) is 17.4 Å². The zero-order chi connectivity index (χ0) is 28.6. The average Bonchev–Trinajstić information content (AvgIpc) is 3.76. The van der Waals surface area contributed by atoms with Crippen molar-refractivity contribution in [2.75, 3.05) is 45.1 Å². The third kappa shape index (κ3) is 5.27. The summed E-state index contributed by atoms with van der Waals surface area (Å²) in [7, 11) is 0. The van der Waals surface area contributed by atoms with Gasteiger partial charge in [-0.3, -0.25) is 9.36 Å². The largest absolute Gasteiger partial charge is 0.493 e. The molecule has 2 aliphatic heterocycles. The molecule has 0 unspecified atom stereocenters. The number of anilines is 1. The Morgan fingerprint density at radius 1 is 1.10 bits per heavy atom. The molecule has 1 aromatic carbocycles. The quantitative estimate of drug-likeness (QED) is 0.277. The summed E-state index contributed by atoms with van der Waals surface area (Å²) in [6.07, 6.45) is 5.45. The van der Waals surface area contributed by atoms with Gasteiger partial charge in [0.2, 0.25) is 11.8 Å². The molecule has 11 nitrogen and oxygen atoms in total. The van der Waals surface area contributed by atoms with Gasteiger partial charge in [-0.2, -0.15) is 9.50 Å². The number of hydrogen-bond acceptors (Lipinski definition) is 10. The number of fused-ring (bicyclic) bond motifs is 3. The van der Waals surface area contributed by atoms with Crippen LogP contribution in [0, 0.1) is 11.7 Å². The molecule has 13 heteroatoms. The van der Waals surface area contributed by atoms with Crippen molar-refractivity contribution in [1.29, 1.82) is 0 Å². The molecule has 0 bridgehead atoms. The highest BCUT2D eigenvalue weighted by atomic mass is 32.1. The van der Waals surface area contributed by atoms with E-state index < -0.39 is 0 Å². The van der Waals surface area contributed by atoms with Crippen molar-refractivity contribution in [2.24, 2.45) is 5.92 Å². The molecule has 2 fully saturated rings. The number of nitrogen functional groups attached to an aromatic ring is 1. The molecule has 7 rings (SSSR count). The monoisotopic (exact) mass is 592 g/mol. The normalized spacial score (nSPS) is 17.5. The molecule has 3 N–H and O–H groups in total. The van der Waals surface area contributed by atoms with Crippen LogP contribution in [0.25, 0.3) is 27.6 Å². The molecule has 5 aromatic rings. The fraction of sp³-hybridized carbons (Fsp3) is 0.448. The van der Waals surface area contributed by atoms with E-state index in [2.05, 4.69) is 25.3 Å². The Morgan fingerprint density at radius 2 is 1.93 bits per heavy atom. The molecule has 0 amide bonds. The molecular formula is C29H33FN8O3S. The van der Waals surface area contributed by atoms with Crippen LogP contribution in [-0.2, 0) is 6.54 Å². The summed E-state index contributed by atoms with van der Waals surface area (Å²) >= 11 is 1.09. The second-order valence-electron chi connectivity index (χ2n) is 11.1. The molecular weight excluding hydrogens is 559 g/mol. The highest BCUT2D eigenvalue weighted by Gasteiger charge is 2.25. The highest BCUT2D eigenvalue weighted by Crippen LogP contribution is 2.32. The zero-order valence-electron chi connectivity index (χ0n) is 23.2. The minimum Gasteiger partial charge on any atom is -0.493 e. The van der Waals surface area contributed by atoms with Gasteiger partial charge < -0.3 is 25.1 Å². The van der Waals surface area contributed by atoms with E-state index in [1.807, 2.05) is 12.1 Å². The number of hydrogen-bond donors (Lipinski definition) is 2. The number of furan rings is 1. The van der Waals surface area contributed by atoms with Crippen LogP contribution in [0.5, 0.6) is 5.75 Å². The molecule has 0 aliphatic carbocycles. The number of piperidine rings is 2. The Hall–Kier alpha value is -3.81. The number of ether oxygens (including phenoxy) is 1. The lowest BCUT2D eigenvalue weighted by atomic mass is 9.89. The van der Waals surface area contributed by atoms with Crippen molar-refractivity contribution < 1.29 is 13.5 Å². The number of halogens is 1. The second-order valence-corrected chi connectivity index (χ2v) is 12.1. The highest BCUT2D eigenvalue weighted by molar-refractivity contribution is 7.17. The lowest BCUT2D eigenvalue weighted by molar-refractivity contribution is 0.203. The van der Waals surface area contributed by atoms with E-state index in [9.17, 15) is 4.79 Å². The van der Waals surface area contributed by atoms with Crippen LogP contribution in [-0.4, -0.2) is 68.4 Å². The topological polar surface area (TPSA) is 129 Å². The Morgan fingerprint density at radius 3 is 2.69 bits per heavy atom. The molecule has 2 saturated heterocycles. The van der Waals surface area contributed by atoms with E-state index >= 15 is 4.39 Å². The summed E-state index contributed by atoms with van der Waals surface area (Å²) in [5.74, 6) is 2.15. The molecule has 220 valence electrons. The second kappa shape index (κ2) is 11.5. The molecule has 0 radical (unpaired) electrons. The smallest absolute Gasteiger partial charge is 0.309 e. The number of nitrogens with zero attached hydrogens (tertiary/aromatic N) is 6. The van der Waals surface area contributed by atoms with Gasteiger partial charge in [-0.05, 0) is 87.5 Å². The van der Waals surface area contributed by atoms with Gasteiger partial charge in [0.05, 0.1) is 12.9 Å². The van der Waals surface area contributed by atoms with Crippen LogP contribution < -0.4 is 20.7 Å². The van der Waals surface area contributed by atoms with Crippen LogP contribution >= 0.6 is 11.3 Å². The van der Waals surface area contributed by atoms with Gasteiger partial charge in [-0.15, -0.1) is 5.10 Å². The summed E-state index contributed by atoms with van der Waals surface area (Å²) in [4.78, 5) is 24.3. The molecule has 0 atom stereocenters. The van der Waals surface area contributed by atoms with Crippen molar-refractivity contribution >= 4 is 33.3 Å². The lowest BCUT2D eigenvalue weighted by Crippen LogP contribution is -2.36. The minimum atomic E-state index is -0.189. The molecule has 6 heterocycles. The van der Waals surface area contributed by atoms with Crippen LogP contribution in [0.15, 0.2) is 45.8 Å². The summed E-state index contributed by atoms with van der Waals surface area (Å²) < 4.78 is 30.1. The number of likely N-dealkylation sites (tertiary alicyclic amines) is 1. The van der Waals surface area contributed by atoms with E-state index in [1.165, 1.54) is 4.52 Å². The van der Waals surface area contributed by atoms with Crippen LogP contribution in [0.4, 0.5) is 10.3 Å². The first-order valence-corrected chi connectivity index (χ1v) is 15.3. The van der Waals surface area contributed by atoms with Gasteiger partial charge >= 0.3 is 4.87 Å². The fourth-order valence-corrected chi connectivity index (χ4v) is 6.97. The van der Waals surface area contributed by atoms with Crippen molar-refractivity contribution in [2.45, 2.75) is 38.1 Å². The van der Waals surface area contributed by atoms with Gasteiger partial charge in [-0.25, -0.2) is 9.37 Å². The third-order valence-electron chi connectivity index (χ3n) is 8.44. The van der Waals surface area contributed by atoms with Crippen molar-refractivity contribution in [3.63, 3.8) is 0 Å². The van der Waals surface area contributed by atoms with E-state index in [0.717, 1.165) is 68.8 Å². The first-order valence-electron chi connectivity index (χ1n) is 14.5. The predicted molar refractivity (Wildman–Crippen MR) is 158 cm³/mol. The Bertz CT molecular complexity index is 1750. The van der Waals surface area contributed by atoms with Gasteiger partial charge in [0.25, 0.3) is 0 Å². The molecule has 4 aromatic heterocycles. The third-order valence-corrected chi connectivity index (χ3v) is 9.41. The molecule has 42 heavy (non-hydrogen) atoms. The minimum absolute atomic E-state index is 0.119. The maximum Gasteiger partial charge on any atom is 0.309 e. The predicted octanol–water partition coefficient (Wildman–Crippen LogP) is 3.74. The number of aromatic nitrogens is 5. The first kappa shape index (κ1) is 27.0. The molecule has 0 spiro atoms. The van der Waals surface area contributed by atoms with Gasteiger partial charge in [0.1, 0.15) is 16.3 Å². The number of nitrogens with one attached hydrogen (secondary N) is 1. The van der Waals surface area contributed by atoms with E-state index in [4.69, 9.17) is 14.9 Å². The van der Waals surface area contributed by atoms with Gasteiger partial charge in [0.15, 0.2) is 17.1 Å². The lowest BCUT2D eigenvalue weighted by Gasteiger charge is -2.32. The van der Waals surface area contributed by atoms with Crippen LogP contribution in [0.3, 0.4) is 0 Å². The Kier molecular flexibility index (Phi) is 7.38. The van der Waals surface area contributed by atoms with Gasteiger partial charge in [0, 0.05) is 19.2 Å². The Balaban J connectivity index is 0.986. The average molecular weight is 593 g/mol.